The quantitative estimate of drug-likeness (QED) is 0.137. The highest BCUT2D eigenvalue weighted by atomic mass is 127. The minimum absolute atomic E-state index is 0.280. The molecule has 0 spiro atoms. The summed E-state index contributed by atoms with van der Waals surface area (Å²) in [6, 6.07) is 11.8. The highest BCUT2D eigenvalue weighted by molar-refractivity contribution is 14.1. The van der Waals surface area contributed by atoms with Gasteiger partial charge in [0, 0.05) is 15.9 Å². The molecule has 0 aliphatic rings. The first kappa shape index (κ1) is 21.6. The Morgan fingerprint density at radius 1 is 1.06 bits per heavy atom. The summed E-state index contributed by atoms with van der Waals surface area (Å²) in [4.78, 5) is 28.8. The lowest BCUT2D eigenvalue weighted by Crippen LogP contribution is -2.03. The molecule has 1 aromatic heterocycles. The predicted octanol–water partition coefficient (Wildman–Crippen LogP) is 5.39. The van der Waals surface area contributed by atoms with E-state index in [1.54, 1.807) is 24.3 Å². The number of nitrogens with zero attached hydrogens (tertiary/aromatic N) is 4. The summed E-state index contributed by atoms with van der Waals surface area (Å²) in [5, 5.41) is 34.8. The van der Waals surface area contributed by atoms with Gasteiger partial charge in [0.05, 0.1) is 32.2 Å². The molecule has 3 aromatic carbocycles. The normalized spacial score (nSPS) is 11.3. The third-order valence-electron chi connectivity index (χ3n) is 4.37. The Morgan fingerprint density at radius 2 is 1.84 bits per heavy atom. The smallest absolute Gasteiger partial charge is 0.276 e. The number of nitro benzene ring substituents is 2. The van der Waals surface area contributed by atoms with Gasteiger partial charge in [-0.05, 0) is 70.3 Å². The molecule has 1 heterocycles. The maximum atomic E-state index is 12.2. The predicted molar refractivity (Wildman–Crippen MR) is 124 cm³/mol. The zero-order valence-electron chi connectivity index (χ0n) is 15.7. The number of non-ortho nitro benzene ring substituents is 1. The Bertz CT molecular complexity index is 1440. The zero-order valence-corrected chi connectivity index (χ0v) is 18.6. The van der Waals surface area contributed by atoms with Gasteiger partial charge in [0.15, 0.2) is 5.58 Å². The van der Waals surface area contributed by atoms with Crippen LogP contribution >= 0.6 is 34.2 Å². The van der Waals surface area contributed by atoms with Crippen molar-refractivity contribution < 1.29 is 19.4 Å². The van der Waals surface area contributed by atoms with Crippen LogP contribution in [0.4, 0.5) is 17.1 Å². The molecule has 0 N–H and O–H groups in total. The summed E-state index contributed by atoms with van der Waals surface area (Å²) < 4.78 is 6.71. The molecule has 10 nitrogen and oxygen atoms in total. The van der Waals surface area contributed by atoms with E-state index in [1.165, 1.54) is 0 Å². The number of hydrogen-bond donors (Lipinski definition) is 0. The van der Waals surface area contributed by atoms with Crippen molar-refractivity contribution >= 4 is 68.6 Å². The van der Waals surface area contributed by atoms with Crippen molar-refractivity contribution in [2.45, 2.75) is 0 Å². The topological polar surface area (TPSA) is 148 Å². The van der Waals surface area contributed by atoms with Crippen LogP contribution in [-0.2, 0) is 0 Å². The van der Waals surface area contributed by atoms with E-state index in [-0.39, 0.29) is 5.56 Å². The molecule has 32 heavy (non-hydrogen) atoms. The molecule has 0 bridgehead atoms. The Kier molecular flexibility index (Phi) is 5.76. The van der Waals surface area contributed by atoms with Crippen molar-refractivity contribution in [3.8, 4) is 17.2 Å². The van der Waals surface area contributed by atoms with Crippen LogP contribution in [0.5, 0.6) is 5.75 Å². The number of oxazole rings is 1. The third-order valence-corrected chi connectivity index (χ3v) is 5.37. The van der Waals surface area contributed by atoms with E-state index < -0.39 is 27.0 Å². The summed E-state index contributed by atoms with van der Waals surface area (Å²) in [7, 11) is 0. The fourth-order valence-corrected chi connectivity index (χ4v) is 3.56. The lowest BCUT2D eigenvalue weighted by Gasteiger charge is -2.10. The summed E-state index contributed by atoms with van der Waals surface area (Å²) >= 11 is 8.39. The van der Waals surface area contributed by atoms with Crippen molar-refractivity contribution in [2.24, 2.45) is 4.99 Å². The van der Waals surface area contributed by atoms with Crippen LogP contribution < -0.4 is 5.11 Å². The number of aliphatic imine (C=N–C) groups is 1. The summed E-state index contributed by atoms with van der Waals surface area (Å²) in [5.74, 6) is -0.650. The van der Waals surface area contributed by atoms with Gasteiger partial charge in [0.2, 0.25) is 5.89 Å². The van der Waals surface area contributed by atoms with Crippen molar-refractivity contribution in [3.05, 3.63) is 82.9 Å². The molecule has 0 saturated heterocycles. The summed E-state index contributed by atoms with van der Waals surface area (Å²) in [6.45, 7) is 0. The molecule has 160 valence electrons. The van der Waals surface area contributed by atoms with E-state index in [0.717, 1.165) is 15.9 Å². The van der Waals surface area contributed by atoms with Crippen LogP contribution in [0.3, 0.4) is 0 Å². The number of rotatable bonds is 5. The van der Waals surface area contributed by atoms with Gasteiger partial charge < -0.3 is 9.52 Å². The van der Waals surface area contributed by atoms with Gasteiger partial charge in [-0.1, -0.05) is 11.6 Å². The van der Waals surface area contributed by atoms with Gasteiger partial charge in [0.1, 0.15) is 5.52 Å². The van der Waals surface area contributed by atoms with Gasteiger partial charge in [-0.15, -0.1) is 0 Å². The largest absolute Gasteiger partial charge is 0.867 e. The average Bonchev–Trinajstić information content (AvgIpc) is 3.17. The van der Waals surface area contributed by atoms with Crippen LogP contribution in [0.15, 0.2) is 57.9 Å². The number of hydrogen-bond acceptors (Lipinski definition) is 8. The Hall–Kier alpha value is -3.58. The van der Waals surface area contributed by atoms with Gasteiger partial charge in [-0.25, -0.2) is 4.98 Å². The van der Waals surface area contributed by atoms with Crippen molar-refractivity contribution in [2.75, 3.05) is 0 Å². The molecule has 0 aliphatic carbocycles. The minimum Gasteiger partial charge on any atom is -0.867 e. The first-order valence-corrected chi connectivity index (χ1v) is 10.2. The molecule has 4 rings (SSSR count). The second-order valence-corrected chi connectivity index (χ2v) is 8.10. The highest BCUT2D eigenvalue weighted by Gasteiger charge is 2.18. The van der Waals surface area contributed by atoms with Crippen LogP contribution in [0.1, 0.15) is 5.56 Å². The Labute approximate surface area is 197 Å². The van der Waals surface area contributed by atoms with E-state index in [0.29, 0.717) is 39.3 Å². The molecular formula is C20H9ClIN4O6-. The second kappa shape index (κ2) is 8.51. The SMILES string of the molecule is O=[N+]([O-])c1cc(C=Nc2ccc3oc(-c4cc(I)ccc4Cl)nc3c2)c([O-])c([N+](=O)[O-])c1. The lowest BCUT2D eigenvalue weighted by molar-refractivity contribution is -0.403. The molecule has 0 unspecified atom stereocenters. The standard InChI is InChI=1S/C20H10ClIN4O6/c21-15-3-1-11(22)6-14(15)20-24-16-7-12(2-4-18(16)32-20)23-9-10-5-13(25(28)29)8-17(19(10)27)26(30)31/h1-9,27H/p-1. The molecule has 0 radical (unpaired) electrons. The maximum absolute atomic E-state index is 12.2. The average molecular weight is 564 g/mol. The molecule has 12 heteroatoms. The van der Waals surface area contributed by atoms with Gasteiger partial charge in [-0.2, -0.15) is 0 Å². The first-order chi connectivity index (χ1) is 15.2. The van der Waals surface area contributed by atoms with Crippen molar-refractivity contribution in [3.63, 3.8) is 0 Å². The molecule has 0 fully saturated rings. The molecule has 0 amide bonds. The molecule has 0 aliphatic heterocycles. The number of benzene rings is 3. The lowest BCUT2D eigenvalue weighted by atomic mass is 10.1. The Morgan fingerprint density at radius 3 is 2.56 bits per heavy atom. The number of fused-ring (bicyclic) bond motifs is 1. The minimum atomic E-state index is -0.970. The molecule has 4 aromatic rings. The third kappa shape index (κ3) is 4.24. The van der Waals surface area contributed by atoms with Crippen LogP contribution in [0, 0.1) is 23.8 Å². The molecular weight excluding hydrogens is 555 g/mol. The first-order valence-electron chi connectivity index (χ1n) is 8.77. The van der Waals surface area contributed by atoms with Gasteiger partial charge in [0.25, 0.3) is 11.4 Å². The highest BCUT2D eigenvalue weighted by Crippen LogP contribution is 2.34. The van der Waals surface area contributed by atoms with Gasteiger partial charge >= 0.3 is 0 Å². The van der Waals surface area contributed by atoms with E-state index in [1.807, 2.05) is 12.1 Å². The summed E-state index contributed by atoms with van der Waals surface area (Å²) in [6.07, 6.45) is 1.04. The fraction of sp³-hybridized carbons (Fsp3) is 0. The number of nitro groups is 2. The molecule has 0 saturated carbocycles. The second-order valence-electron chi connectivity index (χ2n) is 6.45. The Balaban J connectivity index is 1.72. The van der Waals surface area contributed by atoms with Crippen molar-refractivity contribution in [1.29, 1.82) is 0 Å². The van der Waals surface area contributed by atoms with Gasteiger partial charge in [-0.3, -0.25) is 25.2 Å². The van der Waals surface area contributed by atoms with Crippen LogP contribution in [0.25, 0.3) is 22.6 Å². The van der Waals surface area contributed by atoms with Crippen LogP contribution in [0.2, 0.25) is 5.02 Å². The number of aromatic nitrogens is 1. The zero-order chi connectivity index (χ0) is 23.0. The van der Waals surface area contributed by atoms with E-state index in [2.05, 4.69) is 32.6 Å². The van der Waals surface area contributed by atoms with Crippen molar-refractivity contribution in [1.82, 2.24) is 4.98 Å². The van der Waals surface area contributed by atoms with E-state index in [4.69, 9.17) is 16.0 Å². The number of halogens is 2. The van der Waals surface area contributed by atoms with Crippen LogP contribution in [-0.4, -0.2) is 21.0 Å². The van der Waals surface area contributed by atoms with E-state index in [9.17, 15) is 25.3 Å². The summed E-state index contributed by atoms with van der Waals surface area (Å²) in [5.41, 5.74) is 0.175. The van der Waals surface area contributed by atoms with E-state index >= 15 is 0 Å². The monoisotopic (exact) mass is 563 g/mol. The molecule has 0 atom stereocenters. The fourth-order valence-electron chi connectivity index (χ4n) is 2.87. The maximum Gasteiger partial charge on any atom is 0.276 e.